The summed E-state index contributed by atoms with van der Waals surface area (Å²) in [6, 6.07) is 0. The summed E-state index contributed by atoms with van der Waals surface area (Å²) < 4.78 is 0. The van der Waals surface area contributed by atoms with Crippen LogP contribution in [-0.2, 0) is 51.4 Å². The van der Waals surface area contributed by atoms with Crippen molar-refractivity contribution in [2.75, 3.05) is 0 Å². The minimum Gasteiger partial charge on any atom is -0.321 e. The van der Waals surface area contributed by atoms with Gasteiger partial charge in [0.1, 0.15) is 44.8 Å². The molecule has 2 aliphatic rings. The van der Waals surface area contributed by atoms with E-state index in [0.29, 0.717) is 90.7 Å². The van der Waals surface area contributed by atoms with E-state index in [-0.39, 0.29) is 0 Å². The molecule has 9 heterocycles. The van der Waals surface area contributed by atoms with Crippen molar-refractivity contribution in [2.45, 2.75) is 364 Å². The van der Waals surface area contributed by atoms with E-state index in [9.17, 15) is 0 Å². The first kappa shape index (κ1) is 73.9. The summed E-state index contributed by atoms with van der Waals surface area (Å²) in [5.41, 5.74) is 15.5. The van der Waals surface area contributed by atoms with Gasteiger partial charge in [-0.25, -0.2) is 69.8 Å². The molecule has 0 spiro atoms. The minimum absolute atomic E-state index is 0.434. The van der Waals surface area contributed by atoms with Crippen LogP contribution in [0.25, 0.3) is 90.7 Å². The largest absolute Gasteiger partial charge is 0.321 e. The van der Waals surface area contributed by atoms with Crippen LogP contribution >= 0.6 is 0 Å². The topological polar surface area (TPSA) is 212 Å². The first-order valence-corrected chi connectivity index (χ1v) is 39.7. The van der Waals surface area contributed by atoms with Gasteiger partial charge in [0.2, 0.25) is 0 Å². The molecular formula is C80H122N16. The molecule has 0 amide bonds. The zero-order chi connectivity index (χ0) is 67.1. The summed E-state index contributed by atoms with van der Waals surface area (Å²) in [5, 5.41) is 0. The van der Waals surface area contributed by atoms with Gasteiger partial charge in [-0.1, -0.05) is 261 Å². The Kier molecular flexibility index (Phi) is 31.2. The number of H-pyrrole nitrogens is 2. The molecule has 9 rings (SSSR count). The summed E-state index contributed by atoms with van der Waals surface area (Å²) in [6.45, 7) is 18.2. The average Bonchev–Trinajstić information content (AvgIpc) is 1.60. The van der Waals surface area contributed by atoms with E-state index in [1.807, 2.05) is 0 Å². The van der Waals surface area contributed by atoms with Crippen molar-refractivity contribution in [3.63, 3.8) is 0 Å². The normalized spacial score (nSPS) is 12.1. The highest BCUT2D eigenvalue weighted by molar-refractivity contribution is 6.01. The highest BCUT2D eigenvalue weighted by Gasteiger charge is 2.30. The van der Waals surface area contributed by atoms with Crippen molar-refractivity contribution in [1.29, 1.82) is 0 Å². The summed E-state index contributed by atoms with van der Waals surface area (Å²) >= 11 is 0. The molecule has 0 fully saturated rings. The lowest BCUT2D eigenvalue weighted by molar-refractivity contribution is 0.611. The Morgan fingerprint density at radius 3 is 0.490 bits per heavy atom. The number of aryl methyl sites for hydroxylation is 8. The zero-order valence-corrected chi connectivity index (χ0v) is 61.2. The number of unbranched alkanes of at least 4 members (excludes halogenated alkanes) is 32. The quantitative estimate of drug-likeness (QED) is 0.0340. The highest BCUT2D eigenvalue weighted by Crippen LogP contribution is 2.37. The molecule has 7 aromatic heterocycles. The lowest BCUT2D eigenvalue weighted by atomic mass is 10.0. The van der Waals surface area contributed by atoms with Gasteiger partial charge in [0.15, 0.2) is 45.9 Å². The third kappa shape index (κ3) is 20.9. The molecule has 7 aromatic rings. The fraction of sp³-hybridized carbons (Fsp3) is 0.700. The van der Waals surface area contributed by atoms with E-state index in [4.69, 9.17) is 69.8 Å². The molecule has 0 saturated heterocycles. The number of rotatable bonds is 48. The molecule has 0 aromatic carbocycles. The van der Waals surface area contributed by atoms with Crippen LogP contribution in [0.3, 0.4) is 0 Å². The maximum atomic E-state index is 5.67. The molecule has 2 aliphatic heterocycles. The van der Waals surface area contributed by atoms with Gasteiger partial charge >= 0.3 is 0 Å². The van der Waals surface area contributed by atoms with Gasteiger partial charge in [-0.3, -0.25) is 0 Å². The third-order valence-electron chi connectivity index (χ3n) is 19.9. The zero-order valence-electron chi connectivity index (χ0n) is 61.2. The van der Waals surface area contributed by atoms with Crippen LogP contribution in [0.5, 0.6) is 0 Å². The third-order valence-corrected chi connectivity index (χ3v) is 19.9. The van der Waals surface area contributed by atoms with Gasteiger partial charge in [0.25, 0.3) is 0 Å². The fourth-order valence-electron chi connectivity index (χ4n) is 14.0. The first-order chi connectivity index (χ1) is 47.3. The van der Waals surface area contributed by atoms with Crippen LogP contribution in [0.15, 0.2) is 0 Å². The number of fused-ring (bicyclic) bond motifs is 20. The number of nitrogens with one attached hydrogen (secondary N) is 2. The Hall–Kier alpha value is -6.32. The molecule has 8 bridgehead atoms. The van der Waals surface area contributed by atoms with Gasteiger partial charge in [-0.15, -0.1) is 0 Å². The second kappa shape index (κ2) is 40.5. The van der Waals surface area contributed by atoms with Crippen LogP contribution < -0.4 is 0 Å². The fourth-order valence-corrected chi connectivity index (χ4v) is 14.0. The van der Waals surface area contributed by atoms with Crippen LogP contribution in [0.1, 0.15) is 358 Å². The molecule has 96 heavy (non-hydrogen) atoms. The summed E-state index contributed by atoms with van der Waals surface area (Å²) in [7, 11) is 0. The van der Waals surface area contributed by atoms with E-state index in [1.54, 1.807) is 0 Å². The summed E-state index contributed by atoms with van der Waals surface area (Å²) in [6.07, 6.45) is 53.5. The van der Waals surface area contributed by atoms with Crippen LogP contribution in [0.4, 0.5) is 0 Å². The van der Waals surface area contributed by atoms with Gasteiger partial charge in [0.05, 0.1) is 45.6 Å². The average molecular weight is 1310 g/mol. The predicted molar refractivity (Wildman–Crippen MR) is 398 cm³/mol. The molecule has 2 N–H and O–H groups in total. The van der Waals surface area contributed by atoms with Crippen LogP contribution in [0.2, 0.25) is 0 Å². The standard InChI is InChI=1S/C80H122N16/c1-9-17-25-33-41-49-57-58(50-42-34-26-18-10-2)82-66-65(81-57)73-89-74(66)94-76-69-70(86-62(54-46-38-30-22-14-6)61(85-69)53-45-37-29-21-13-5)78(91-76)96-80-72-71(87-63(55-47-39-31-23-15-7)64(88-72)56-48-40-32-24-16-8)79(92-80)95-77-68-67(75(90-77)93-73)83-59(51-43-35-27-19-11-3)60(84-68)52-44-36-28-20-12-4/h9-56H2,1-8H3,(H2,89,90,91,92,93,94,95,96). The number of nitrogens with zero attached hydrogens (tertiary/aromatic N) is 14. The number of hydrogen-bond donors (Lipinski definition) is 2. The van der Waals surface area contributed by atoms with Gasteiger partial charge < -0.3 is 9.97 Å². The molecule has 16 heteroatoms. The van der Waals surface area contributed by atoms with E-state index in [2.05, 4.69) is 65.4 Å². The van der Waals surface area contributed by atoms with Crippen molar-refractivity contribution in [1.82, 2.24) is 79.7 Å². The Labute approximate surface area is 576 Å². The molecule has 0 unspecified atom stereocenters. The van der Waals surface area contributed by atoms with E-state index in [1.165, 1.54) is 154 Å². The monoisotopic (exact) mass is 1310 g/mol. The SMILES string of the molecule is CCCCCCCc1nc2c(nc1CCCCCCC)-c1nc-2nc2[nH]c(nc3nc(nc4[nH]c(n1)c1nc(CCCCCCC)c(CCCCCCC)nc41)-c1nc(CCCCCCC)c(CCCCCCC)nc1-3)c1nc(CCCCCCC)c(CCCCCCC)nc21. The lowest BCUT2D eigenvalue weighted by Gasteiger charge is -2.11. The van der Waals surface area contributed by atoms with Crippen molar-refractivity contribution in [2.24, 2.45) is 0 Å². The lowest BCUT2D eigenvalue weighted by Crippen LogP contribution is -2.06. The van der Waals surface area contributed by atoms with Crippen molar-refractivity contribution >= 4 is 44.7 Å². The van der Waals surface area contributed by atoms with Gasteiger partial charge in [-0.05, 0) is 103 Å². The Morgan fingerprint density at radius 2 is 0.323 bits per heavy atom. The number of aromatic nitrogens is 16. The molecule has 0 atom stereocenters. The Bertz CT molecular complexity index is 3210. The van der Waals surface area contributed by atoms with Crippen molar-refractivity contribution < 1.29 is 0 Å². The van der Waals surface area contributed by atoms with Gasteiger partial charge in [0, 0.05) is 0 Å². The highest BCUT2D eigenvalue weighted by atomic mass is 15.1. The van der Waals surface area contributed by atoms with E-state index in [0.717, 1.165) is 200 Å². The molecular weight excluding hydrogens is 1180 g/mol. The predicted octanol–water partition coefficient (Wildman–Crippen LogP) is 22.1. The van der Waals surface area contributed by atoms with Crippen molar-refractivity contribution in [3.05, 3.63) is 45.6 Å². The molecule has 16 nitrogen and oxygen atoms in total. The van der Waals surface area contributed by atoms with E-state index < -0.39 is 0 Å². The van der Waals surface area contributed by atoms with Gasteiger partial charge in [-0.2, -0.15) is 0 Å². The number of hydrogen-bond acceptors (Lipinski definition) is 14. The molecule has 0 radical (unpaired) electrons. The van der Waals surface area contributed by atoms with Crippen LogP contribution in [-0.4, -0.2) is 79.7 Å². The first-order valence-electron chi connectivity index (χ1n) is 39.7. The maximum absolute atomic E-state index is 5.67. The second-order valence-electron chi connectivity index (χ2n) is 28.2. The second-order valence-corrected chi connectivity index (χ2v) is 28.2. The summed E-state index contributed by atoms with van der Waals surface area (Å²) in [4.78, 5) is 86.0. The summed E-state index contributed by atoms with van der Waals surface area (Å²) in [5.74, 6) is 1.74. The maximum Gasteiger partial charge on any atom is 0.184 e. The van der Waals surface area contributed by atoms with E-state index >= 15 is 0 Å². The molecule has 0 saturated carbocycles. The Morgan fingerprint density at radius 1 is 0.167 bits per heavy atom. The minimum atomic E-state index is 0.434. The molecule has 522 valence electrons. The number of aromatic amines is 2. The smallest absolute Gasteiger partial charge is 0.184 e. The Balaban J connectivity index is 1.36. The van der Waals surface area contributed by atoms with Crippen LogP contribution in [0, 0.1) is 0 Å². The van der Waals surface area contributed by atoms with Crippen molar-refractivity contribution in [3.8, 4) is 46.1 Å². The molecule has 0 aliphatic carbocycles.